The number of aliphatic carboxylic acids is 1. The average Bonchev–Trinajstić information content (AvgIpc) is 2.96. The summed E-state index contributed by atoms with van der Waals surface area (Å²) in [7, 11) is 0. The molecule has 1 aliphatic heterocycles. The van der Waals surface area contributed by atoms with Crippen LogP contribution in [0.4, 0.5) is 4.79 Å². The molecule has 1 aromatic heterocycles. The van der Waals surface area contributed by atoms with Gasteiger partial charge in [-0.2, -0.15) is 4.98 Å². The molecule has 9 heteroatoms. The molecular weight excluding hydrogens is 268 g/mol. The minimum absolute atomic E-state index is 0.104. The van der Waals surface area contributed by atoms with Gasteiger partial charge in [0.25, 0.3) is 0 Å². The van der Waals surface area contributed by atoms with E-state index in [1.807, 2.05) is 0 Å². The van der Waals surface area contributed by atoms with Crippen molar-refractivity contribution in [3.8, 4) is 0 Å². The molecular formula is C11H16N4O5. The second-order valence-electron chi connectivity index (χ2n) is 4.40. The van der Waals surface area contributed by atoms with Crippen LogP contribution >= 0.6 is 0 Å². The molecule has 110 valence electrons. The third-order valence-corrected chi connectivity index (χ3v) is 2.98. The molecule has 0 atom stereocenters. The molecule has 2 rings (SSSR count). The van der Waals surface area contributed by atoms with Crippen LogP contribution in [0.1, 0.15) is 18.7 Å². The van der Waals surface area contributed by atoms with Gasteiger partial charge in [0.2, 0.25) is 6.39 Å². The Balaban J connectivity index is 1.67. The average molecular weight is 284 g/mol. The molecule has 1 fully saturated rings. The van der Waals surface area contributed by atoms with Gasteiger partial charge in [0.15, 0.2) is 5.82 Å². The fraction of sp³-hybridized carbons (Fsp3) is 0.636. The Bertz CT molecular complexity index is 442. The Morgan fingerprint density at radius 3 is 2.85 bits per heavy atom. The summed E-state index contributed by atoms with van der Waals surface area (Å²) >= 11 is 0. The molecule has 1 aliphatic rings. The Hall–Kier alpha value is -2.16. The molecule has 0 unspecified atom stereocenters. The van der Waals surface area contributed by atoms with Gasteiger partial charge in [-0.3, -0.25) is 0 Å². The van der Waals surface area contributed by atoms with Crippen LogP contribution in [0.15, 0.2) is 10.9 Å². The largest absolute Gasteiger partial charge is 0.480 e. The molecule has 2 N–H and O–H groups in total. The number of carboxylic acid groups (broad SMARTS) is 1. The lowest BCUT2D eigenvalue weighted by Crippen LogP contribution is -2.46. The molecule has 0 saturated carbocycles. The van der Waals surface area contributed by atoms with Crippen LogP contribution in [0.2, 0.25) is 0 Å². The van der Waals surface area contributed by atoms with E-state index >= 15 is 0 Å². The van der Waals surface area contributed by atoms with Crippen molar-refractivity contribution in [1.82, 2.24) is 20.4 Å². The summed E-state index contributed by atoms with van der Waals surface area (Å²) in [5.74, 6) is -0.566. The third-order valence-electron chi connectivity index (χ3n) is 2.98. The van der Waals surface area contributed by atoms with Gasteiger partial charge in [-0.1, -0.05) is 5.16 Å². The molecule has 0 bridgehead atoms. The normalized spacial score (nSPS) is 16.1. The van der Waals surface area contributed by atoms with E-state index in [9.17, 15) is 9.59 Å². The molecule has 0 aromatic carbocycles. The van der Waals surface area contributed by atoms with Crippen molar-refractivity contribution < 1.29 is 24.0 Å². The first-order valence-corrected chi connectivity index (χ1v) is 6.26. The second-order valence-corrected chi connectivity index (χ2v) is 4.40. The van der Waals surface area contributed by atoms with Crippen LogP contribution in [0.5, 0.6) is 0 Å². The summed E-state index contributed by atoms with van der Waals surface area (Å²) in [4.78, 5) is 27.7. The number of amides is 2. The van der Waals surface area contributed by atoms with Crippen LogP contribution in [-0.4, -0.2) is 57.9 Å². The van der Waals surface area contributed by atoms with Crippen molar-refractivity contribution >= 4 is 12.0 Å². The minimum Gasteiger partial charge on any atom is -0.480 e. The van der Waals surface area contributed by atoms with E-state index in [-0.39, 0.29) is 25.3 Å². The zero-order chi connectivity index (χ0) is 14.4. The van der Waals surface area contributed by atoms with E-state index in [4.69, 9.17) is 9.84 Å². The quantitative estimate of drug-likeness (QED) is 0.771. The smallest absolute Gasteiger partial charge is 0.329 e. The van der Waals surface area contributed by atoms with E-state index in [0.717, 1.165) is 0 Å². The van der Waals surface area contributed by atoms with E-state index < -0.39 is 5.97 Å². The maximum Gasteiger partial charge on any atom is 0.329 e. The van der Waals surface area contributed by atoms with Gasteiger partial charge in [-0.25, -0.2) is 9.59 Å². The fourth-order valence-electron chi connectivity index (χ4n) is 1.95. The number of urea groups is 1. The van der Waals surface area contributed by atoms with E-state index in [1.165, 1.54) is 6.39 Å². The van der Waals surface area contributed by atoms with Gasteiger partial charge in [-0.05, 0) is 12.8 Å². The van der Waals surface area contributed by atoms with E-state index in [1.54, 1.807) is 4.90 Å². The number of aromatic nitrogens is 2. The van der Waals surface area contributed by atoms with Gasteiger partial charge in [0.05, 0.1) is 12.6 Å². The Morgan fingerprint density at radius 2 is 2.25 bits per heavy atom. The molecule has 0 radical (unpaired) electrons. The van der Waals surface area contributed by atoms with E-state index in [2.05, 4.69) is 20.0 Å². The third kappa shape index (κ3) is 4.19. The summed E-state index contributed by atoms with van der Waals surface area (Å²) in [6, 6.07) is -0.202. The maximum atomic E-state index is 11.9. The molecule has 2 amide bonds. The summed E-state index contributed by atoms with van der Waals surface area (Å²) in [5.41, 5.74) is 0. The highest BCUT2D eigenvalue weighted by atomic mass is 16.5. The number of rotatable bonds is 5. The number of nitrogens with one attached hydrogen (secondary N) is 1. The number of piperidine rings is 1. The summed E-state index contributed by atoms with van der Waals surface area (Å²) in [6.45, 7) is 0.976. The highest BCUT2D eigenvalue weighted by molar-refractivity contribution is 5.74. The van der Waals surface area contributed by atoms with Crippen molar-refractivity contribution in [2.24, 2.45) is 0 Å². The van der Waals surface area contributed by atoms with Crippen LogP contribution in [0.25, 0.3) is 0 Å². The fourth-order valence-corrected chi connectivity index (χ4v) is 1.95. The summed E-state index contributed by atoms with van der Waals surface area (Å²) in [5, 5.41) is 14.8. The number of nitrogens with zero attached hydrogens (tertiary/aromatic N) is 3. The molecule has 1 aromatic rings. The highest BCUT2D eigenvalue weighted by Crippen LogP contribution is 2.13. The maximum absolute atomic E-state index is 11.9. The standard InChI is InChI=1S/C11H16N4O5/c16-10(17)6-19-8-1-3-15(4-2-8)11(18)12-5-9-13-7-20-14-9/h7-8H,1-6H2,(H,12,18)(H,16,17). The lowest BCUT2D eigenvalue weighted by Gasteiger charge is -2.31. The second kappa shape index (κ2) is 6.85. The summed E-state index contributed by atoms with van der Waals surface area (Å²) in [6.07, 6.45) is 2.35. The first-order valence-electron chi connectivity index (χ1n) is 6.26. The van der Waals surface area contributed by atoms with Gasteiger partial charge < -0.3 is 24.6 Å². The van der Waals surface area contributed by atoms with Gasteiger partial charge in [-0.15, -0.1) is 0 Å². The Kier molecular flexibility index (Phi) is 4.88. The molecule has 2 heterocycles. The molecule has 0 spiro atoms. The lowest BCUT2D eigenvalue weighted by molar-refractivity contribution is -0.145. The molecule has 20 heavy (non-hydrogen) atoms. The van der Waals surface area contributed by atoms with Gasteiger partial charge in [0, 0.05) is 13.1 Å². The number of likely N-dealkylation sites (tertiary alicyclic amines) is 1. The zero-order valence-corrected chi connectivity index (χ0v) is 10.8. The SMILES string of the molecule is O=C(O)COC1CCN(C(=O)NCc2ncon2)CC1. The van der Waals surface area contributed by atoms with Crippen molar-refractivity contribution in [3.63, 3.8) is 0 Å². The predicted octanol–water partition coefficient (Wildman–Crippen LogP) is -0.155. The number of hydrogen-bond acceptors (Lipinski definition) is 6. The van der Waals surface area contributed by atoms with Crippen molar-refractivity contribution in [2.75, 3.05) is 19.7 Å². The van der Waals surface area contributed by atoms with Crippen LogP contribution in [-0.2, 0) is 16.1 Å². The Morgan fingerprint density at radius 1 is 1.50 bits per heavy atom. The number of carbonyl (C=O) groups is 2. The number of carboxylic acids is 1. The monoisotopic (exact) mass is 284 g/mol. The van der Waals surface area contributed by atoms with Crippen molar-refractivity contribution in [3.05, 3.63) is 12.2 Å². The topological polar surface area (TPSA) is 118 Å². The predicted molar refractivity (Wildman–Crippen MR) is 64.7 cm³/mol. The first-order chi connectivity index (χ1) is 9.65. The number of hydrogen-bond donors (Lipinski definition) is 2. The van der Waals surface area contributed by atoms with E-state index in [0.29, 0.717) is 31.8 Å². The first kappa shape index (κ1) is 14.3. The number of carbonyl (C=O) groups excluding carboxylic acids is 1. The Labute approximate surface area is 114 Å². The van der Waals surface area contributed by atoms with Gasteiger partial charge in [0.1, 0.15) is 6.61 Å². The van der Waals surface area contributed by atoms with Crippen molar-refractivity contribution in [1.29, 1.82) is 0 Å². The molecule has 9 nitrogen and oxygen atoms in total. The van der Waals surface area contributed by atoms with Gasteiger partial charge >= 0.3 is 12.0 Å². The minimum atomic E-state index is -0.981. The van der Waals surface area contributed by atoms with Crippen LogP contribution in [0.3, 0.4) is 0 Å². The molecule has 0 aliphatic carbocycles. The van der Waals surface area contributed by atoms with Crippen molar-refractivity contribution in [2.45, 2.75) is 25.5 Å². The highest BCUT2D eigenvalue weighted by Gasteiger charge is 2.23. The lowest BCUT2D eigenvalue weighted by atomic mass is 10.1. The summed E-state index contributed by atoms with van der Waals surface area (Å²) < 4.78 is 9.76. The number of ether oxygens (including phenoxy) is 1. The molecule has 1 saturated heterocycles. The zero-order valence-electron chi connectivity index (χ0n) is 10.8. The van der Waals surface area contributed by atoms with Crippen LogP contribution in [0, 0.1) is 0 Å². The van der Waals surface area contributed by atoms with Crippen LogP contribution < -0.4 is 5.32 Å².